The van der Waals surface area contributed by atoms with Crippen molar-refractivity contribution in [3.8, 4) is 0 Å². The summed E-state index contributed by atoms with van der Waals surface area (Å²) >= 11 is 0. The molecule has 4 N–H and O–H groups in total. The van der Waals surface area contributed by atoms with Gasteiger partial charge in [-0.25, -0.2) is 0 Å². The van der Waals surface area contributed by atoms with E-state index in [-0.39, 0.29) is 6.04 Å². The number of hydrogen-bond acceptors (Lipinski definition) is 6. The smallest absolute Gasteiger partial charge is 0.0260 e. The van der Waals surface area contributed by atoms with Crippen molar-refractivity contribution in [1.29, 1.82) is 0 Å². The first kappa shape index (κ1) is 21.1. The van der Waals surface area contributed by atoms with Crippen LogP contribution in [0.1, 0.15) is 33.1 Å². The van der Waals surface area contributed by atoms with E-state index in [1.54, 1.807) is 0 Å². The SMILES string of the molecule is CC(C)N1CCN(C(CCN)C(N)CCN2CCCN(C)CC2)CC1. The van der Waals surface area contributed by atoms with Crippen molar-refractivity contribution in [3.05, 3.63) is 0 Å². The third-order valence-corrected chi connectivity index (χ3v) is 6.10. The van der Waals surface area contributed by atoms with Crippen LogP contribution < -0.4 is 11.5 Å². The molecule has 6 heteroatoms. The standard InChI is InChI=1S/C19H42N6/c1-17(2)24-13-15-25(16-14-24)19(5-7-20)18(21)6-10-23-9-4-8-22(3)11-12-23/h17-19H,4-16,20-21H2,1-3H3. The quantitative estimate of drug-likeness (QED) is 0.644. The molecule has 2 fully saturated rings. The lowest BCUT2D eigenvalue weighted by molar-refractivity contribution is 0.0635. The molecule has 2 aliphatic rings. The highest BCUT2D eigenvalue weighted by atomic mass is 15.3. The summed E-state index contributed by atoms with van der Waals surface area (Å²) in [5.74, 6) is 0. The van der Waals surface area contributed by atoms with E-state index in [4.69, 9.17) is 11.5 Å². The number of piperazine rings is 1. The first-order chi connectivity index (χ1) is 12.0. The fraction of sp³-hybridized carbons (Fsp3) is 1.00. The van der Waals surface area contributed by atoms with E-state index in [0.717, 1.165) is 52.1 Å². The molecule has 6 nitrogen and oxygen atoms in total. The van der Waals surface area contributed by atoms with Crippen molar-refractivity contribution < 1.29 is 0 Å². The summed E-state index contributed by atoms with van der Waals surface area (Å²) in [6, 6.07) is 1.31. The number of likely N-dealkylation sites (N-methyl/N-ethyl adjacent to an activating group) is 1. The van der Waals surface area contributed by atoms with E-state index in [2.05, 4.69) is 40.5 Å². The van der Waals surface area contributed by atoms with Crippen LogP contribution in [0.25, 0.3) is 0 Å². The largest absolute Gasteiger partial charge is 0.330 e. The number of rotatable bonds is 8. The van der Waals surface area contributed by atoms with E-state index in [9.17, 15) is 0 Å². The Morgan fingerprint density at radius 2 is 1.52 bits per heavy atom. The number of hydrogen-bond donors (Lipinski definition) is 2. The lowest BCUT2D eigenvalue weighted by atomic mass is 9.99. The lowest BCUT2D eigenvalue weighted by Crippen LogP contribution is -2.57. The van der Waals surface area contributed by atoms with Crippen LogP contribution in [0.15, 0.2) is 0 Å². The van der Waals surface area contributed by atoms with Gasteiger partial charge in [-0.15, -0.1) is 0 Å². The van der Waals surface area contributed by atoms with Gasteiger partial charge in [0, 0.05) is 57.4 Å². The fourth-order valence-electron chi connectivity index (χ4n) is 4.27. The van der Waals surface area contributed by atoms with E-state index >= 15 is 0 Å². The monoisotopic (exact) mass is 354 g/mol. The Balaban J connectivity index is 1.80. The zero-order chi connectivity index (χ0) is 18.2. The van der Waals surface area contributed by atoms with Crippen molar-refractivity contribution in [3.63, 3.8) is 0 Å². The molecule has 148 valence electrons. The molecule has 0 amide bonds. The van der Waals surface area contributed by atoms with E-state index in [1.807, 2.05) is 0 Å². The highest BCUT2D eigenvalue weighted by Gasteiger charge is 2.28. The Morgan fingerprint density at radius 3 is 2.16 bits per heavy atom. The molecule has 2 unspecified atom stereocenters. The first-order valence-corrected chi connectivity index (χ1v) is 10.4. The maximum Gasteiger partial charge on any atom is 0.0260 e. The average molecular weight is 355 g/mol. The summed E-state index contributed by atoms with van der Waals surface area (Å²) in [5, 5.41) is 0. The molecule has 25 heavy (non-hydrogen) atoms. The van der Waals surface area contributed by atoms with Crippen LogP contribution >= 0.6 is 0 Å². The van der Waals surface area contributed by atoms with Gasteiger partial charge in [0.1, 0.15) is 0 Å². The molecule has 0 spiro atoms. The average Bonchev–Trinajstić information content (AvgIpc) is 2.82. The topological polar surface area (TPSA) is 65.0 Å². The lowest BCUT2D eigenvalue weighted by Gasteiger charge is -2.43. The van der Waals surface area contributed by atoms with Crippen LogP contribution in [0, 0.1) is 0 Å². The van der Waals surface area contributed by atoms with Gasteiger partial charge in [0.15, 0.2) is 0 Å². The summed E-state index contributed by atoms with van der Waals surface area (Å²) in [7, 11) is 2.23. The maximum absolute atomic E-state index is 6.66. The molecule has 0 aliphatic carbocycles. The van der Waals surface area contributed by atoms with Crippen molar-refractivity contribution >= 4 is 0 Å². The van der Waals surface area contributed by atoms with Gasteiger partial charge in [-0.05, 0) is 66.3 Å². The molecular weight excluding hydrogens is 312 g/mol. The summed E-state index contributed by atoms with van der Waals surface area (Å²) in [6.07, 6.45) is 3.37. The molecule has 0 aromatic heterocycles. The Bertz CT molecular complexity index is 356. The predicted molar refractivity (Wildman–Crippen MR) is 107 cm³/mol. The van der Waals surface area contributed by atoms with Crippen LogP contribution in [0.2, 0.25) is 0 Å². The molecule has 2 rings (SSSR count). The third kappa shape index (κ3) is 6.77. The molecule has 0 saturated carbocycles. The Hall–Kier alpha value is -0.240. The van der Waals surface area contributed by atoms with Crippen molar-refractivity contribution in [1.82, 2.24) is 19.6 Å². The van der Waals surface area contributed by atoms with E-state index in [0.29, 0.717) is 12.1 Å². The molecule has 2 atom stereocenters. The minimum atomic E-state index is 0.232. The number of nitrogens with two attached hydrogens (primary N) is 2. The van der Waals surface area contributed by atoms with Gasteiger partial charge in [-0.1, -0.05) is 0 Å². The number of nitrogens with zero attached hydrogens (tertiary/aromatic N) is 4. The molecule has 2 heterocycles. The van der Waals surface area contributed by atoms with Gasteiger partial charge in [0.25, 0.3) is 0 Å². The minimum Gasteiger partial charge on any atom is -0.330 e. The van der Waals surface area contributed by atoms with Gasteiger partial charge in [0.05, 0.1) is 0 Å². The van der Waals surface area contributed by atoms with Gasteiger partial charge >= 0.3 is 0 Å². The Morgan fingerprint density at radius 1 is 0.840 bits per heavy atom. The van der Waals surface area contributed by atoms with Crippen LogP contribution in [-0.2, 0) is 0 Å². The van der Waals surface area contributed by atoms with Gasteiger partial charge in [0.2, 0.25) is 0 Å². The zero-order valence-corrected chi connectivity index (χ0v) is 16.9. The summed E-state index contributed by atoms with van der Waals surface area (Å²) < 4.78 is 0. The third-order valence-electron chi connectivity index (χ3n) is 6.10. The molecule has 2 aliphatic heterocycles. The molecular formula is C19H42N6. The summed E-state index contributed by atoms with van der Waals surface area (Å²) in [4.78, 5) is 10.2. The van der Waals surface area contributed by atoms with Gasteiger partial charge in [-0.2, -0.15) is 0 Å². The summed E-state index contributed by atoms with van der Waals surface area (Å²) in [5.41, 5.74) is 12.6. The first-order valence-electron chi connectivity index (χ1n) is 10.4. The Labute approximate surface area is 155 Å². The van der Waals surface area contributed by atoms with E-state index in [1.165, 1.54) is 32.6 Å². The van der Waals surface area contributed by atoms with Crippen molar-refractivity contribution in [2.45, 2.75) is 51.2 Å². The van der Waals surface area contributed by atoms with Crippen molar-refractivity contribution in [2.24, 2.45) is 11.5 Å². The van der Waals surface area contributed by atoms with Crippen LogP contribution in [0.4, 0.5) is 0 Å². The van der Waals surface area contributed by atoms with Crippen LogP contribution in [0.5, 0.6) is 0 Å². The highest BCUT2D eigenvalue weighted by Crippen LogP contribution is 2.15. The zero-order valence-electron chi connectivity index (χ0n) is 16.9. The Kier molecular flexibility index (Phi) is 9.10. The molecule has 0 aromatic carbocycles. The van der Waals surface area contributed by atoms with Gasteiger partial charge in [-0.3, -0.25) is 9.80 Å². The van der Waals surface area contributed by atoms with Crippen LogP contribution in [-0.4, -0.2) is 110 Å². The van der Waals surface area contributed by atoms with Crippen LogP contribution in [0.3, 0.4) is 0 Å². The second-order valence-electron chi connectivity index (χ2n) is 8.26. The fourth-order valence-corrected chi connectivity index (χ4v) is 4.27. The normalized spacial score (nSPS) is 25.2. The molecule has 0 bridgehead atoms. The van der Waals surface area contributed by atoms with Gasteiger partial charge < -0.3 is 21.3 Å². The second kappa shape index (κ2) is 10.8. The molecule has 2 saturated heterocycles. The predicted octanol–water partition coefficient (Wildman–Crippen LogP) is 0.0847. The minimum absolute atomic E-state index is 0.232. The summed E-state index contributed by atoms with van der Waals surface area (Å²) in [6.45, 7) is 15.8. The molecule has 0 aromatic rings. The highest BCUT2D eigenvalue weighted by molar-refractivity contribution is 4.87. The van der Waals surface area contributed by atoms with Crippen molar-refractivity contribution in [2.75, 3.05) is 72.5 Å². The van der Waals surface area contributed by atoms with E-state index < -0.39 is 0 Å². The molecule has 0 radical (unpaired) electrons. The second-order valence-corrected chi connectivity index (χ2v) is 8.26. The maximum atomic E-state index is 6.66.